The number of amides is 4. The summed E-state index contributed by atoms with van der Waals surface area (Å²) in [6.45, 7) is 4.49. The third-order valence-corrected chi connectivity index (χ3v) is 7.76. The first-order chi connectivity index (χ1) is 20.3. The molecule has 3 atom stereocenters. The van der Waals surface area contributed by atoms with Crippen LogP contribution in [0.1, 0.15) is 32.4 Å². The number of carboxylic acid groups (broad SMARTS) is 1. The second-order valence-corrected chi connectivity index (χ2v) is 11.0. The van der Waals surface area contributed by atoms with Gasteiger partial charge in [-0.3, -0.25) is 34.0 Å². The van der Waals surface area contributed by atoms with Crippen LogP contribution >= 0.6 is 11.8 Å². The van der Waals surface area contributed by atoms with Crippen LogP contribution in [0.4, 0.5) is 16.4 Å². The number of β-lactam (4-membered cyclic amide) rings is 1. The molecule has 16 nitrogen and oxygen atoms in total. The molecule has 2 aliphatic rings. The molecule has 2 aromatic rings. The van der Waals surface area contributed by atoms with Gasteiger partial charge in [-0.2, -0.15) is 0 Å². The highest BCUT2D eigenvalue weighted by molar-refractivity contribution is 8.00. The molecule has 4 rings (SSSR count). The number of nitrogens with zero attached hydrogens (tertiary/aromatic N) is 3. The van der Waals surface area contributed by atoms with E-state index in [1.54, 1.807) is 0 Å². The van der Waals surface area contributed by atoms with Crippen LogP contribution in [-0.4, -0.2) is 84.7 Å². The Balaban J connectivity index is 1.67. The SMILES string of the molecule is CC(=O)OCC1=C(C(=O)O)N2C(=O)C(NC(=O)C(c3ccc(O)cc3)N(C(N)=O)c3cnc(NC(C)C)[nH]c3=O)[C@H]2SC1. The van der Waals surface area contributed by atoms with Crippen LogP contribution in [-0.2, 0) is 23.9 Å². The number of nitrogens with one attached hydrogen (secondary N) is 3. The normalized spacial score (nSPS) is 18.3. The van der Waals surface area contributed by atoms with Crippen molar-refractivity contribution in [2.45, 2.75) is 44.3 Å². The maximum atomic E-state index is 13.8. The Bertz CT molecular complexity index is 1560. The van der Waals surface area contributed by atoms with E-state index < -0.39 is 52.8 Å². The highest BCUT2D eigenvalue weighted by Gasteiger charge is 2.55. The smallest absolute Gasteiger partial charge is 0.352 e. The topological polar surface area (TPSA) is 237 Å². The van der Waals surface area contributed by atoms with Gasteiger partial charge in [-0.1, -0.05) is 12.1 Å². The van der Waals surface area contributed by atoms with E-state index in [0.717, 1.165) is 22.9 Å². The Morgan fingerprint density at radius 1 is 1.23 bits per heavy atom. The van der Waals surface area contributed by atoms with Gasteiger partial charge in [-0.15, -0.1) is 11.8 Å². The van der Waals surface area contributed by atoms with Crippen molar-refractivity contribution >= 4 is 53.2 Å². The maximum absolute atomic E-state index is 13.8. The van der Waals surface area contributed by atoms with Crippen LogP contribution in [0.5, 0.6) is 5.75 Å². The van der Waals surface area contributed by atoms with Crippen molar-refractivity contribution in [3.8, 4) is 5.75 Å². The number of primary amides is 1. The maximum Gasteiger partial charge on any atom is 0.352 e. The molecule has 1 aromatic heterocycles. The highest BCUT2D eigenvalue weighted by Crippen LogP contribution is 2.41. The number of nitrogens with two attached hydrogens (primary N) is 1. The third kappa shape index (κ3) is 6.40. The number of phenols is 1. The largest absolute Gasteiger partial charge is 0.508 e. The van der Waals surface area contributed by atoms with E-state index in [2.05, 4.69) is 20.6 Å². The first-order valence-corrected chi connectivity index (χ1v) is 13.9. The van der Waals surface area contributed by atoms with E-state index >= 15 is 0 Å². The number of H-pyrrole nitrogens is 1. The highest BCUT2D eigenvalue weighted by atomic mass is 32.2. The summed E-state index contributed by atoms with van der Waals surface area (Å²) >= 11 is 1.14. The summed E-state index contributed by atoms with van der Waals surface area (Å²) in [5.74, 6) is -3.62. The van der Waals surface area contributed by atoms with Crippen LogP contribution in [0.25, 0.3) is 0 Å². The number of anilines is 2. The van der Waals surface area contributed by atoms with Crippen molar-refractivity contribution in [2.24, 2.45) is 5.73 Å². The number of thioether (sulfide) groups is 1. The molecule has 0 bridgehead atoms. The molecular formula is C26H29N7O9S. The van der Waals surface area contributed by atoms with Crippen molar-refractivity contribution in [1.29, 1.82) is 0 Å². The number of ether oxygens (including phenoxy) is 1. The van der Waals surface area contributed by atoms with Crippen molar-refractivity contribution in [3.63, 3.8) is 0 Å². The molecule has 1 fully saturated rings. The molecule has 7 N–H and O–H groups in total. The van der Waals surface area contributed by atoms with Crippen LogP contribution in [0.3, 0.4) is 0 Å². The number of phenolic OH excluding ortho intramolecular Hbond substituents is 1. The van der Waals surface area contributed by atoms with Crippen molar-refractivity contribution < 1.29 is 38.9 Å². The molecule has 4 amide bonds. The minimum atomic E-state index is -1.60. The molecule has 0 spiro atoms. The zero-order valence-electron chi connectivity index (χ0n) is 23.2. The number of aromatic hydroxyl groups is 1. The van der Waals surface area contributed by atoms with Gasteiger partial charge >= 0.3 is 18.0 Å². The predicted octanol–water partition coefficient (Wildman–Crippen LogP) is 0.224. The fraction of sp³-hybridized carbons (Fsp3) is 0.346. The fourth-order valence-corrected chi connectivity index (χ4v) is 5.91. The zero-order chi connectivity index (χ0) is 31.6. The molecule has 0 radical (unpaired) electrons. The van der Waals surface area contributed by atoms with E-state index in [1.165, 1.54) is 31.2 Å². The van der Waals surface area contributed by atoms with E-state index in [0.29, 0.717) is 4.90 Å². The van der Waals surface area contributed by atoms with Gasteiger partial charge in [-0.25, -0.2) is 14.6 Å². The van der Waals surface area contributed by atoms with Crippen LogP contribution < -0.4 is 26.8 Å². The summed E-state index contributed by atoms with van der Waals surface area (Å²) in [6, 6.07) is 1.11. The van der Waals surface area contributed by atoms with Gasteiger partial charge in [0.2, 0.25) is 11.9 Å². The molecule has 228 valence electrons. The number of rotatable bonds is 10. The summed E-state index contributed by atoms with van der Waals surface area (Å²) < 4.78 is 4.93. The number of benzene rings is 1. The molecule has 0 saturated carbocycles. The standard InChI is InChI=1S/C26H29N7O9S/c1-11(2)29-26-28-8-16(20(36)31-26)32(25(27)41)18(13-4-6-15(35)7-5-13)21(37)30-17-22(38)33-19(24(39)40)14(9-42-12(3)34)10-43-23(17)33/h4-8,11,17-18,23,35H,9-10H2,1-3H3,(H2,27,41)(H,30,37)(H,39,40)(H2,28,29,31,36)/t17?,18?,23-/m1/s1. The third-order valence-electron chi connectivity index (χ3n) is 6.42. The Kier molecular flexibility index (Phi) is 8.93. The zero-order valence-corrected chi connectivity index (χ0v) is 24.0. The predicted molar refractivity (Wildman–Crippen MR) is 153 cm³/mol. The number of esters is 1. The number of hydrogen-bond acceptors (Lipinski definition) is 11. The molecule has 0 aliphatic carbocycles. The lowest BCUT2D eigenvalue weighted by Crippen LogP contribution is -2.71. The van der Waals surface area contributed by atoms with Crippen LogP contribution in [0.2, 0.25) is 0 Å². The van der Waals surface area contributed by atoms with Gasteiger partial charge in [0.05, 0.1) is 6.20 Å². The lowest BCUT2D eigenvalue weighted by molar-refractivity contribution is -0.151. The number of urea groups is 1. The van der Waals surface area contributed by atoms with Crippen molar-refractivity contribution in [2.75, 3.05) is 22.6 Å². The van der Waals surface area contributed by atoms with Gasteiger partial charge < -0.3 is 31.3 Å². The van der Waals surface area contributed by atoms with Gasteiger partial charge in [0, 0.05) is 24.3 Å². The van der Waals surface area contributed by atoms with Gasteiger partial charge in [0.25, 0.3) is 11.5 Å². The average molecular weight is 616 g/mol. The van der Waals surface area contributed by atoms with Gasteiger partial charge in [-0.05, 0) is 31.5 Å². The molecule has 3 heterocycles. The molecule has 2 unspecified atom stereocenters. The number of fused-ring (bicyclic) bond motifs is 1. The minimum Gasteiger partial charge on any atom is -0.508 e. The summed E-state index contributed by atoms with van der Waals surface area (Å²) in [6.07, 6.45) is 1.07. The first-order valence-electron chi connectivity index (χ1n) is 12.9. The molecule has 2 aliphatic heterocycles. The van der Waals surface area contributed by atoms with Crippen LogP contribution in [0, 0.1) is 0 Å². The summed E-state index contributed by atoms with van der Waals surface area (Å²) in [4.78, 5) is 84.3. The number of carbonyl (C=O) groups excluding carboxylic acids is 4. The second-order valence-electron chi connectivity index (χ2n) is 9.88. The Hall–Kier alpha value is -5.06. The fourth-order valence-electron chi connectivity index (χ4n) is 4.58. The number of aromatic amines is 1. The monoisotopic (exact) mass is 615 g/mol. The first kappa shape index (κ1) is 30.9. The Labute approximate surface area is 248 Å². The molecule has 1 saturated heterocycles. The van der Waals surface area contributed by atoms with Crippen molar-refractivity contribution in [3.05, 3.63) is 57.6 Å². The number of aliphatic carboxylic acids is 1. The summed E-state index contributed by atoms with van der Waals surface area (Å²) in [7, 11) is 0. The average Bonchev–Trinajstić information content (AvgIpc) is 2.93. The summed E-state index contributed by atoms with van der Waals surface area (Å²) in [5.41, 5.74) is 4.51. The van der Waals surface area contributed by atoms with E-state index in [1.807, 2.05) is 13.8 Å². The van der Waals surface area contributed by atoms with Crippen LogP contribution in [0.15, 0.2) is 46.5 Å². The Morgan fingerprint density at radius 2 is 1.91 bits per heavy atom. The molecular weight excluding hydrogens is 586 g/mol. The lowest BCUT2D eigenvalue weighted by atomic mass is 10.00. The number of aromatic nitrogens is 2. The molecule has 17 heteroatoms. The Morgan fingerprint density at radius 3 is 2.47 bits per heavy atom. The number of carbonyl (C=O) groups is 5. The van der Waals surface area contributed by atoms with E-state index in [4.69, 9.17) is 10.5 Å². The minimum absolute atomic E-state index is 0.0803. The lowest BCUT2D eigenvalue weighted by Gasteiger charge is -2.49. The summed E-state index contributed by atoms with van der Waals surface area (Å²) in [5, 5.41) is 24.2. The van der Waals surface area contributed by atoms with E-state index in [9.17, 15) is 39.0 Å². The second kappa shape index (κ2) is 12.4. The van der Waals surface area contributed by atoms with Gasteiger partial charge in [0.15, 0.2) is 0 Å². The molecule has 1 aromatic carbocycles. The van der Waals surface area contributed by atoms with Gasteiger partial charge in [0.1, 0.15) is 41.2 Å². The van der Waals surface area contributed by atoms with E-state index in [-0.39, 0.29) is 52.6 Å². The number of carboxylic acids is 1. The number of hydrogen-bond donors (Lipinski definition) is 6. The van der Waals surface area contributed by atoms with Crippen molar-refractivity contribution in [1.82, 2.24) is 20.2 Å². The molecule has 43 heavy (non-hydrogen) atoms. The quantitative estimate of drug-likeness (QED) is 0.156.